The molecule has 0 bridgehead atoms. The van der Waals surface area contributed by atoms with Crippen molar-refractivity contribution in [1.29, 1.82) is 0 Å². The number of anilines is 1. The maximum Gasteiger partial charge on any atom is 0.229 e. The molecule has 8 heteroatoms. The molecule has 3 aromatic rings. The van der Waals surface area contributed by atoms with Gasteiger partial charge < -0.3 is 5.32 Å². The number of benzene rings is 1. The van der Waals surface area contributed by atoms with Gasteiger partial charge in [0.05, 0.1) is 10.2 Å². The number of thiazole rings is 1. The second-order valence-corrected chi connectivity index (χ2v) is 9.22. The molecule has 1 fully saturated rings. The van der Waals surface area contributed by atoms with Crippen LogP contribution in [0.2, 0.25) is 0 Å². The number of aryl methyl sites for hydroxylation is 2. The van der Waals surface area contributed by atoms with Crippen molar-refractivity contribution in [3.63, 3.8) is 0 Å². The highest BCUT2D eigenvalue weighted by Gasteiger charge is 2.26. The molecule has 1 amide bonds. The number of amides is 1. The standard InChI is InChI=1S/C20H21FN4OS2/c1-12-9-13(2)18-16(10-12)23-20(27-18)24-19(26)14-5-7-25(8-6-14)28-15-3-4-17(21)22-11-15/h3-4,9-11,14H,5-8H2,1-2H3,(H,23,24,26). The number of hydrogen-bond donors (Lipinski definition) is 1. The van der Waals surface area contributed by atoms with E-state index >= 15 is 0 Å². The van der Waals surface area contributed by atoms with Gasteiger partial charge in [-0.3, -0.25) is 4.79 Å². The van der Waals surface area contributed by atoms with E-state index < -0.39 is 5.95 Å². The van der Waals surface area contributed by atoms with E-state index in [4.69, 9.17) is 0 Å². The highest BCUT2D eigenvalue weighted by molar-refractivity contribution is 7.97. The molecule has 1 aromatic carbocycles. The average molecular weight is 417 g/mol. The van der Waals surface area contributed by atoms with Gasteiger partial charge in [0.2, 0.25) is 11.9 Å². The van der Waals surface area contributed by atoms with Crippen LogP contribution in [0.4, 0.5) is 9.52 Å². The Morgan fingerprint density at radius 2 is 2.07 bits per heavy atom. The lowest BCUT2D eigenvalue weighted by Crippen LogP contribution is -2.34. The molecule has 0 radical (unpaired) electrons. The third-order valence-corrected chi connectivity index (χ3v) is 7.01. The van der Waals surface area contributed by atoms with Gasteiger partial charge in [0, 0.05) is 30.1 Å². The van der Waals surface area contributed by atoms with Crippen LogP contribution in [-0.2, 0) is 4.79 Å². The molecule has 0 unspecified atom stereocenters. The van der Waals surface area contributed by atoms with Crippen LogP contribution in [0, 0.1) is 25.7 Å². The summed E-state index contributed by atoms with van der Waals surface area (Å²) >= 11 is 3.09. The Labute approximate surface area is 171 Å². The van der Waals surface area contributed by atoms with Gasteiger partial charge >= 0.3 is 0 Å². The molecule has 0 saturated carbocycles. The summed E-state index contributed by atoms with van der Waals surface area (Å²) in [6, 6.07) is 7.27. The summed E-state index contributed by atoms with van der Waals surface area (Å²) in [7, 11) is 0. The van der Waals surface area contributed by atoms with E-state index in [1.165, 1.54) is 34.7 Å². The lowest BCUT2D eigenvalue weighted by atomic mass is 9.97. The predicted molar refractivity (Wildman–Crippen MR) is 112 cm³/mol. The number of carbonyl (C=O) groups is 1. The van der Waals surface area contributed by atoms with Crippen molar-refractivity contribution in [1.82, 2.24) is 14.3 Å². The fourth-order valence-corrected chi connectivity index (χ4v) is 5.25. The number of pyridine rings is 1. The Balaban J connectivity index is 1.34. The molecule has 1 N–H and O–H groups in total. The summed E-state index contributed by atoms with van der Waals surface area (Å²) in [5.74, 6) is -0.445. The summed E-state index contributed by atoms with van der Waals surface area (Å²) in [6.07, 6.45) is 3.11. The first-order valence-corrected chi connectivity index (χ1v) is 10.8. The molecular formula is C20H21FN4OS2. The summed E-state index contributed by atoms with van der Waals surface area (Å²) in [5.41, 5.74) is 3.31. The summed E-state index contributed by atoms with van der Waals surface area (Å²) in [6.45, 7) is 5.73. The van der Waals surface area contributed by atoms with Crippen LogP contribution in [-0.4, -0.2) is 33.3 Å². The lowest BCUT2D eigenvalue weighted by Gasteiger charge is -2.29. The molecule has 1 aliphatic heterocycles. The van der Waals surface area contributed by atoms with Crippen LogP contribution in [0.25, 0.3) is 10.2 Å². The Morgan fingerprint density at radius 3 is 2.79 bits per heavy atom. The third kappa shape index (κ3) is 4.34. The smallest absolute Gasteiger partial charge is 0.229 e. The van der Waals surface area contributed by atoms with Gasteiger partial charge in [-0.25, -0.2) is 14.3 Å². The first-order chi connectivity index (χ1) is 13.5. The quantitative estimate of drug-likeness (QED) is 0.489. The van der Waals surface area contributed by atoms with Gasteiger partial charge in [-0.05, 0) is 68.0 Å². The Kier molecular flexibility index (Phi) is 5.61. The summed E-state index contributed by atoms with van der Waals surface area (Å²) in [4.78, 5) is 21.8. The zero-order valence-corrected chi connectivity index (χ0v) is 17.4. The van der Waals surface area contributed by atoms with Crippen LogP contribution < -0.4 is 5.32 Å². The monoisotopic (exact) mass is 416 g/mol. The fraction of sp³-hybridized carbons (Fsp3) is 0.350. The minimum Gasteiger partial charge on any atom is -0.302 e. The summed E-state index contributed by atoms with van der Waals surface area (Å²) in [5, 5.41) is 3.68. The Morgan fingerprint density at radius 1 is 1.29 bits per heavy atom. The van der Waals surface area contributed by atoms with E-state index in [-0.39, 0.29) is 11.8 Å². The largest absolute Gasteiger partial charge is 0.302 e. The van der Waals surface area contributed by atoms with E-state index in [0.717, 1.165) is 41.0 Å². The number of aromatic nitrogens is 2. The van der Waals surface area contributed by atoms with Crippen LogP contribution in [0.5, 0.6) is 0 Å². The van der Waals surface area contributed by atoms with Crippen molar-refractivity contribution in [2.45, 2.75) is 31.6 Å². The highest BCUT2D eigenvalue weighted by atomic mass is 32.2. The number of nitrogens with one attached hydrogen (secondary N) is 1. The van der Waals surface area contributed by atoms with Gasteiger partial charge in [-0.15, -0.1) is 0 Å². The van der Waals surface area contributed by atoms with E-state index in [1.807, 2.05) is 0 Å². The molecule has 5 nitrogen and oxygen atoms in total. The number of hydrogen-bond acceptors (Lipinski definition) is 6. The molecule has 0 spiro atoms. The van der Waals surface area contributed by atoms with Crippen LogP contribution in [0.15, 0.2) is 35.4 Å². The third-order valence-electron chi connectivity index (χ3n) is 4.81. The number of carbonyl (C=O) groups excluding carboxylic acids is 1. The maximum atomic E-state index is 12.9. The molecular weight excluding hydrogens is 395 g/mol. The molecule has 0 aliphatic carbocycles. The zero-order valence-electron chi connectivity index (χ0n) is 15.7. The molecule has 3 heterocycles. The van der Waals surface area contributed by atoms with E-state index in [9.17, 15) is 9.18 Å². The number of rotatable bonds is 4. The summed E-state index contributed by atoms with van der Waals surface area (Å²) < 4.78 is 16.2. The van der Waals surface area contributed by atoms with Crippen LogP contribution >= 0.6 is 23.3 Å². The maximum absolute atomic E-state index is 12.9. The van der Waals surface area contributed by atoms with Gasteiger partial charge in [0.1, 0.15) is 0 Å². The SMILES string of the molecule is Cc1cc(C)c2sc(NC(=O)C3CCN(Sc4ccc(F)nc4)CC3)nc2c1. The number of halogens is 1. The minimum atomic E-state index is -0.472. The molecule has 1 aliphatic rings. The molecule has 1 saturated heterocycles. The second-order valence-electron chi connectivity index (χ2n) is 7.05. The van der Waals surface area contributed by atoms with E-state index in [1.54, 1.807) is 18.0 Å². The fourth-order valence-electron chi connectivity index (χ4n) is 3.41. The molecule has 2 aromatic heterocycles. The van der Waals surface area contributed by atoms with Crippen molar-refractivity contribution in [3.8, 4) is 0 Å². The second kappa shape index (κ2) is 8.14. The lowest BCUT2D eigenvalue weighted by molar-refractivity contribution is -0.120. The first-order valence-electron chi connectivity index (χ1n) is 9.21. The highest BCUT2D eigenvalue weighted by Crippen LogP contribution is 2.32. The van der Waals surface area contributed by atoms with Gasteiger partial charge in [-0.1, -0.05) is 17.4 Å². The molecule has 4 rings (SSSR count). The van der Waals surface area contributed by atoms with Gasteiger partial charge in [-0.2, -0.15) is 4.39 Å². The normalized spacial score (nSPS) is 15.8. The van der Waals surface area contributed by atoms with Crippen molar-refractivity contribution in [3.05, 3.63) is 47.5 Å². The van der Waals surface area contributed by atoms with Crippen LogP contribution in [0.1, 0.15) is 24.0 Å². The minimum absolute atomic E-state index is 0.0157. The number of nitrogens with zero attached hydrogens (tertiary/aromatic N) is 3. The van der Waals surface area contributed by atoms with Crippen molar-refractivity contribution in [2.75, 3.05) is 18.4 Å². The van der Waals surface area contributed by atoms with Gasteiger partial charge in [0.25, 0.3) is 0 Å². The first kappa shape index (κ1) is 19.3. The topological polar surface area (TPSA) is 58.1 Å². The molecule has 28 heavy (non-hydrogen) atoms. The van der Waals surface area contributed by atoms with Crippen molar-refractivity contribution in [2.24, 2.45) is 5.92 Å². The van der Waals surface area contributed by atoms with Crippen molar-refractivity contribution < 1.29 is 9.18 Å². The van der Waals surface area contributed by atoms with Crippen LogP contribution in [0.3, 0.4) is 0 Å². The molecule has 0 atom stereocenters. The molecule has 146 valence electrons. The zero-order chi connectivity index (χ0) is 19.7. The average Bonchev–Trinajstić information content (AvgIpc) is 3.07. The van der Waals surface area contributed by atoms with Gasteiger partial charge in [0.15, 0.2) is 5.13 Å². The Bertz CT molecular complexity index is 997. The van der Waals surface area contributed by atoms with E-state index in [0.29, 0.717) is 5.13 Å². The van der Waals surface area contributed by atoms with E-state index in [2.05, 4.69) is 45.6 Å². The number of fused-ring (bicyclic) bond motifs is 1. The Hall–Kier alpha value is -2.03. The predicted octanol–water partition coefficient (Wildman–Crippen LogP) is 4.81. The number of piperidine rings is 1. The van der Waals surface area contributed by atoms with Crippen molar-refractivity contribution >= 4 is 44.5 Å².